The maximum absolute atomic E-state index is 9.24. The maximum Gasteiger partial charge on any atom is 0.0998 e. The minimum absolute atomic E-state index is 0.691. The lowest BCUT2D eigenvalue weighted by molar-refractivity contribution is 1.45. The summed E-state index contributed by atoms with van der Waals surface area (Å²) in [5.74, 6) is 0. The first kappa shape index (κ1) is 12.8. The topological polar surface area (TPSA) is 23.8 Å². The van der Waals surface area contributed by atoms with Crippen molar-refractivity contribution >= 4 is 34.2 Å². The van der Waals surface area contributed by atoms with Gasteiger partial charge in [-0.2, -0.15) is 5.26 Å². The highest BCUT2D eigenvalue weighted by molar-refractivity contribution is 14.1. The lowest BCUT2D eigenvalue weighted by Gasteiger charge is -2.01. The summed E-state index contributed by atoms with van der Waals surface area (Å²) >= 11 is 2.27. The standard InChI is InChI=1S/C16H12IN/c1-12-2-6-14(7-3-12)15(11-18)10-13-4-8-16(17)9-5-13/h2-10H,1H3/b15-10-. The lowest BCUT2D eigenvalue weighted by atomic mass is 10.0. The number of halogens is 1. The van der Waals surface area contributed by atoms with E-state index in [-0.39, 0.29) is 0 Å². The van der Waals surface area contributed by atoms with Gasteiger partial charge < -0.3 is 0 Å². The number of nitrogens with zero attached hydrogens (tertiary/aromatic N) is 1. The summed E-state index contributed by atoms with van der Waals surface area (Å²) in [6, 6.07) is 18.4. The number of nitriles is 1. The van der Waals surface area contributed by atoms with Gasteiger partial charge >= 0.3 is 0 Å². The van der Waals surface area contributed by atoms with Crippen LogP contribution in [0.4, 0.5) is 0 Å². The van der Waals surface area contributed by atoms with Crippen molar-refractivity contribution < 1.29 is 0 Å². The monoisotopic (exact) mass is 345 g/mol. The van der Waals surface area contributed by atoms with Gasteiger partial charge in [0.25, 0.3) is 0 Å². The molecule has 0 saturated heterocycles. The van der Waals surface area contributed by atoms with E-state index in [9.17, 15) is 5.26 Å². The van der Waals surface area contributed by atoms with Gasteiger partial charge in [-0.15, -0.1) is 0 Å². The van der Waals surface area contributed by atoms with Gasteiger partial charge in [0, 0.05) is 3.57 Å². The molecule has 0 saturated carbocycles. The summed E-state index contributed by atoms with van der Waals surface area (Å²) in [5.41, 5.74) is 3.90. The van der Waals surface area contributed by atoms with Crippen molar-refractivity contribution in [2.75, 3.05) is 0 Å². The predicted octanol–water partition coefficient (Wildman–Crippen LogP) is 4.66. The molecule has 0 aromatic heterocycles. The molecule has 0 aliphatic rings. The Morgan fingerprint density at radius 2 is 1.67 bits per heavy atom. The van der Waals surface area contributed by atoms with Gasteiger partial charge in [-0.05, 0) is 58.9 Å². The molecule has 0 bridgehead atoms. The molecule has 18 heavy (non-hydrogen) atoms. The highest BCUT2D eigenvalue weighted by Crippen LogP contribution is 2.18. The third-order valence-electron chi connectivity index (χ3n) is 2.66. The van der Waals surface area contributed by atoms with Crippen LogP contribution in [0.3, 0.4) is 0 Å². The molecule has 2 aromatic rings. The molecular formula is C16H12IN. The summed E-state index contributed by atoms with van der Waals surface area (Å²) < 4.78 is 1.19. The summed E-state index contributed by atoms with van der Waals surface area (Å²) in [4.78, 5) is 0. The second kappa shape index (κ2) is 5.83. The van der Waals surface area contributed by atoms with Crippen molar-refractivity contribution in [1.29, 1.82) is 5.26 Å². The van der Waals surface area contributed by atoms with Crippen molar-refractivity contribution in [3.8, 4) is 6.07 Å². The third kappa shape index (κ3) is 3.21. The maximum atomic E-state index is 9.24. The number of hydrogen-bond acceptors (Lipinski definition) is 1. The minimum Gasteiger partial charge on any atom is -0.192 e. The first-order chi connectivity index (χ1) is 8.69. The molecule has 0 amide bonds. The summed E-state index contributed by atoms with van der Waals surface area (Å²) in [6.45, 7) is 2.04. The fourth-order valence-electron chi connectivity index (χ4n) is 1.64. The van der Waals surface area contributed by atoms with Gasteiger partial charge in [0.05, 0.1) is 11.6 Å². The fraction of sp³-hybridized carbons (Fsp3) is 0.0625. The zero-order valence-corrected chi connectivity index (χ0v) is 12.2. The molecule has 2 aromatic carbocycles. The molecule has 0 atom stereocenters. The Morgan fingerprint density at radius 1 is 1.06 bits per heavy atom. The van der Waals surface area contributed by atoms with Gasteiger partial charge in [0.15, 0.2) is 0 Å². The average Bonchev–Trinajstić information content (AvgIpc) is 2.39. The van der Waals surface area contributed by atoms with Gasteiger partial charge in [-0.1, -0.05) is 42.0 Å². The van der Waals surface area contributed by atoms with Crippen molar-refractivity contribution in [2.45, 2.75) is 6.92 Å². The molecule has 0 aliphatic heterocycles. The van der Waals surface area contributed by atoms with Crippen LogP contribution in [0.5, 0.6) is 0 Å². The molecule has 0 unspecified atom stereocenters. The van der Waals surface area contributed by atoms with Crippen LogP contribution < -0.4 is 0 Å². The molecule has 2 rings (SSSR count). The molecule has 88 valence electrons. The van der Waals surface area contributed by atoms with Crippen LogP contribution in [0.2, 0.25) is 0 Å². The fourth-order valence-corrected chi connectivity index (χ4v) is 2.00. The van der Waals surface area contributed by atoms with Crippen molar-refractivity contribution in [2.24, 2.45) is 0 Å². The number of aryl methyl sites for hydroxylation is 1. The smallest absolute Gasteiger partial charge is 0.0998 e. The van der Waals surface area contributed by atoms with Crippen LogP contribution in [-0.2, 0) is 0 Å². The molecule has 1 nitrogen and oxygen atoms in total. The third-order valence-corrected chi connectivity index (χ3v) is 3.38. The molecule has 0 radical (unpaired) electrons. The zero-order chi connectivity index (χ0) is 13.0. The van der Waals surface area contributed by atoms with Crippen LogP contribution >= 0.6 is 22.6 Å². The molecule has 0 heterocycles. The van der Waals surface area contributed by atoms with E-state index in [4.69, 9.17) is 0 Å². The Balaban J connectivity index is 2.37. The quantitative estimate of drug-likeness (QED) is 0.441. The second-order valence-electron chi connectivity index (χ2n) is 4.09. The largest absolute Gasteiger partial charge is 0.192 e. The number of benzene rings is 2. The zero-order valence-electron chi connectivity index (χ0n) is 10.0. The Morgan fingerprint density at radius 3 is 2.22 bits per heavy atom. The molecule has 2 heteroatoms. The van der Waals surface area contributed by atoms with Crippen molar-refractivity contribution in [3.63, 3.8) is 0 Å². The summed E-state index contributed by atoms with van der Waals surface area (Å²) in [7, 11) is 0. The highest BCUT2D eigenvalue weighted by Gasteiger charge is 2.00. The van der Waals surface area contributed by atoms with E-state index >= 15 is 0 Å². The van der Waals surface area contributed by atoms with E-state index in [1.54, 1.807) is 0 Å². The van der Waals surface area contributed by atoms with Gasteiger partial charge in [-0.3, -0.25) is 0 Å². The van der Waals surface area contributed by atoms with E-state index in [2.05, 4.69) is 28.7 Å². The van der Waals surface area contributed by atoms with E-state index in [0.717, 1.165) is 11.1 Å². The highest BCUT2D eigenvalue weighted by atomic mass is 127. The Kier molecular flexibility index (Phi) is 4.16. The summed E-state index contributed by atoms with van der Waals surface area (Å²) in [6.07, 6.45) is 1.92. The van der Waals surface area contributed by atoms with Crippen molar-refractivity contribution in [3.05, 3.63) is 68.8 Å². The van der Waals surface area contributed by atoms with E-state index in [1.807, 2.05) is 61.5 Å². The minimum atomic E-state index is 0.691. The number of hydrogen-bond donors (Lipinski definition) is 0. The molecular weight excluding hydrogens is 333 g/mol. The van der Waals surface area contributed by atoms with E-state index in [0.29, 0.717) is 5.57 Å². The van der Waals surface area contributed by atoms with Crippen LogP contribution in [0.25, 0.3) is 11.6 Å². The molecule has 0 spiro atoms. The Labute approximate surface area is 121 Å². The normalized spacial score (nSPS) is 11.1. The Hall–Kier alpha value is -1.60. The van der Waals surface area contributed by atoms with Crippen LogP contribution in [0.15, 0.2) is 48.5 Å². The van der Waals surface area contributed by atoms with E-state index in [1.165, 1.54) is 9.13 Å². The van der Waals surface area contributed by atoms with E-state index < -0.39 is 0 Å². The molecule has 0 aliphatic carbocycles. The number of allylic oxidation sites excluding steroid dienone is 1. The molecule has 0 N–H and O–H groups in total. The molecule has 0 fully saturated rings. The first-order valence-corrected chi connectivity index (χ1v) is 6.71. The second-order valence-corrected chi connectivity index (χ2v) is 5.33. The number of rotatable bonds is 2. The Bertz CT molecular complexity index is 601. The summed E-state index contributed by atoms with van der Waals surface area (Å²) in [5, 5.41) is 9.24. The SMILES string of the molecule is Cc1ccc(/C(C#N)=C\c2ccc(I)cc2)cc1. The van der Waals surface area contributed by atoms with Gasteiger partial charge in [0.1, 0.15) is 0 Å². The van der Waals surface area contributed by atoms with Crippen molar-refractivity contribution in [1.82, 2.24) is 0 Å². The average molecular weight is 345 g/mol. The van der Waals surface area contributed by atoms with Crippen LogP contribution in [-0.4, -0.2) is 0 Å². The van der Waals surface area contributed by atoms with Gasteiger partial charge in [0.2, 0.25) is 0 Å². The van der Waals surface area contributed by atoms with Crippen LogP contribution in [0, 0.1) is 21.8 Å². The van der Waals surface area contributed by atoms with Gasteiger partial charge in [-0.25, -0.2) is 0 Å². The van der Waals surface area contributed by atoms with Crippen LogP contribution in [0.1, 0.15) is 16.7 Å². The predicted molar refractivity (Wildman–Crippen MR) is 83.8 cm³/mol. The lowest BCUT2D eigenvalue weighted by Crippen LogP contribution is -1.83. The first-order valence-electron chi connectivity index (χ1n) is 5.63.